The van der Waals surface area contributed by atoms with E-state index in [4.69, 9.17) is 9.97 Å². The van der Waals surface area contributed by atoms with Gasteiger partial charge in [-0.1, -0.05) is 285 Å². The van der Waals surface area contributed by atoms with Gasteiger partial charge in [0.25, 0.3) is 0 Å². The molecule has 0 aliphatic rings. The van der Waals surface area contributed by atoms with Crippen molar-refractivity contribution in [2.75, 3.05) is 0 Å². The molecule has 0 saturated heterocycles. The lowest BCUT2D eigenvalue weighted by atomic mass is 9.92. The number of nitrogens with zero attached hydrogens (tertiary/aromatic N) is 8. The van der Waals surface area contributed by atoms with E-state index in [2.05, 4.69) is 525 Å². The maximum absolute atomic E-state index is 5.98. The predicted octanol–water partition coefficient (Wildman–Crippen LogP) is 34.1. The van der Waals surface area contributed by atoms with Crippen LogP contribution in [0.15, 0.2) is 497 Å². The second-order valence-corrected chi connectivity index (χ2v) is 36.4. The highest BCUT2D eigenvalue weighted by Gasteiger charge is 2.26. The van der Waals surface area contributed by atoms with Gasteiger partial charge >= 0.3 is 0 Å². The normalized spacial score (nSPS) is 11.9. The average molecular weight is 1760 g/mol. The largest absolute Gasteiger partial charge is 0.309 e. The van der Waals surface area contributed by atoms with Gasteiger partial charge in [-0.15, -0.1) is 0 Å². The van der Waals surface area contributed by atoms with E-state index < -0.39 is 0 Å². The van der Waals surface area contributed by atoms with Crippen molar-refractivity contribution in [1.82, 2.24) is 37.4 Å². The predicted molar refractivity (Wildman–Crippen MR) is 577 cm³/mol. The monoisotopic (exact) mass is 1750 g/mol. The quantitative estimate of drug-likeness (QED) is 0.103. The first kappa shape index (κ1) is 78.2. The highest BCUT2D eigenvalue weighted by Crippen LogP contribution is 2.47. The summed E-state index contributed by atoms with van der Waals surface area (Å²) < 4.78 is 14.4. The standard InChI is InChI=1S/C130H82N8/c1-7-29-83(30-8-1)96-70-97(84-31-9-2-10-32-84)72-98(71-96)85-33-27-34-94(69-85)116-82-129(138-127-67-59-92(88-55-63-123-110(76-88)106-47-21-25-51-119(106)135(123)101-40-15-5-16-41-101)80-114(127)115-81-93(60-68-128(115)138)89-56-64-124-111(77-89)107-48-22-26-52-120(107)136(124)102-42-17-6-18-43-102)132-130(131-116)95-35-28-44-103(73-95)137-125-65-57-90(86-53-61-121-108(74-86)104-45-19-23-49-117(104)133(121)99-36-11-3-12-37-99)78-112(125)113-79-91(58-66-126(113)137)87-54-62-122-109(75-87)105-46-20-24-50-118(105)134(122)100-38-13-4-14-39-100/h1-82H. The highest BCUT2D eigenvalue weighted by molar-refractivity contribution is 6.18. The summed E-state index contributed by atoms with van der Waals surface area (Å²) in [4.78, 5) is 11.8. The molecule has 138 heavy (non-hydrogen) atoms. The summed E-state index contributed by atoms with van der Waals surface area (Å²) in [5, 5.41) is 14.1. The van der Waals surface area contributed by atoms with Crippen LogP contribution in [-0.4, -0.2) is 37.4 Å². The fourth-order valence-corrected chi connectivity index (χ4v) is 22.2. The molecule has 0 amide bonds. The van der Waals surface area contributed by atoms with E-state index >= 15 is 0 Å². The second-order valence-electron chi connectivity index (χ2n) is 36.4. The SMILES string of the molecule is c1ccc(-c2cc(-c3ccccc3)cc(-c3cccc(-c4cc(-n5c6ccc(-c7ccc8c(c7)c7ccccc7n8-c7ccccc7)cc6c6cc(-c7ccc8c(c7)c7ccccc7n8-c7ccccc7)ccc65)nc(-c5cccc(-n6c7ccc(-c8ccc9c(c8)c8ccccc8n9-c8ccccc8)cc7c7cc(-c8ccc9c(c8)c8ccccc8n9-c8ccccc8)ccc76)c5)n4)c3)c2)cc1. The van der Waals surface area contributed by atoms with Crippen LogP contribution >= 0.6 is 0 Å². The maximum atomic E-state index is 5.98. The molecule has 0 bridgehead atoms. The number of para-hydroxylation sites is 8. The van der Waals surface area contributed by atoms with Crippen LogP contribution in [0.1, 0.15) is 0 Å². The van der Waals surface area contributed by atoms with Gasteiger partial charge in [-0.25, -0.2) is 9.97 Å². The lowest BCUT2D eigenvalue weighted by molar-refractivity contribution is 1.05. The van der Waals surface area contributed by atoms with Gasteiger partial charge in [-0.2, -0.15) is 0 Å². The third kappa shape index (κ3) is 12.8. The molecule has 0 fully saturated rings. The van der Waals surface area contributed by atoms with Crippen LogP contribution in [-0.2, 0) is 0 Å². The number of fused-ring (bicyclic) bond motifs is 18. The molecule has 28 aromatic rings. The van der Waals surface area contributed by atoms with Crippen LogP contribution in [0.4, 0.5) is 0 Å². The first-order chi connectivity index (χ1) is 68.4. The van der Waals surface area contributed by atoms with Gasteiger partial charge in [0.1, 0.15) is 5.82 Å². The van der Waals surface area contributed by atoms with E-state index in [1.165, 1.54) is 65.2 Å². The minimum Gasteiger partial charge on any atom is -0.309 e. The molecule has 0 N–H and O–H groups in total. The molecule has 28 rings (SSSR count). The Morgan fingerprint density at radius 2 is 0.333 bits per heavy atom. The molecule has 0 unspecified atom stereocenters. The molecule has 0 aliphatic carbocycles. The van der Waals surface area contributed by atoms with E-state index in [0.717, 1.165) is 195 Å². The zero-order valence-electron chi connectivity index (χ0n) is 74.9. The van der Waals surface area contributed by atoms with Gasteiger partial charge in [-0.3, -0.25) is 4.57 Å². The molecule has 21 aromatic carbocycles. The molecule has 8 heteroatoms. The Morgan fingerprint density at radius 1 is 0.116 bits per heavy atom. The van der Waals surface area contributed by atoms with Crippen LogP contribution in [0.3, 0.4) is 0 Å². The second kappa shape index (κ2) is 31.6. The van der Waals surface area contributed by atoms with Crippen molar-refractivity contribution >= 4 is 131 Å². The Morgan fingerprint density at radius 3 is 0.659 bits per heavy atom. The Kier molecular flexibility index (Phi) is 17.9. The fourth-order valence-electron chi connectivity index (χ4n) is 22.2. The van der Waals surface area contributed by atoms with E-state index in [9.17, 15) is 0 Å². The molecular weight excluding hydrogens is 1670 g/mol. The Balaban J connectivity index is 0.651. The minimum absolute atomic E-state index is 0.583. The van der Waals surface area contributed by atoms with Gasteiger partial charge in [0, 0.05) is 110 Å². The van der Waals surface area contributed by atoms with Crippen LogP contribution < -0.4 is 0 Å². The zero-order valence-corrected chi connectivity index (χ0v) is 74.9. The van der Waals surface area contributed by atoms with E-state index in [-0.39, 0.29) is 0 Å². The summed E-state index contributed by atoms with van der Waals surface area (Å²) >= 11 is 0. The van der Waals surface area contributed by atoms with Crippen molar-refractivity contribution in [3.63, 3.8) is 0 Å². The molecule has 0 radical (unpaired) electrons. The number of benzene rings is 21. The lowest BCUT2D eigenvalue weighted by Gasteiger charge is -2.15. The fraction of sp³-hybridized carbons (Fsp3) is 0. The smallest absolute Gasteiger partial charge is 0.162 e. The molecule has 7 heterocycles. The van der Waals surface area contributed by atoms with Crippen LogP contribution in [0, 0.1) is 0 Å². The molecule has 7 aromatic heterocycles. The molecule has 0 atom stereocenters. The summed E-state index contributed by atoms with van der Waals surface area (Å²) in [6.45, 7) is 0. The van der Waals surface area contributed by atoms with Gasteiger partial charge in [-0.05, 0) is 284 Å². The van der Waals surface area contributed by atoms with E-state index in [0.29, 0.717) is 5.82 Å². The Hall–Kier alpha value is -18.5. The van der Waals surface area contributed by atoms with Crippen molar-refractivity contribution in [3.8, 4) is 135 Å². The van der Waals surface area contributed by atoms with Gasteiger partial charge in [0.15, 0.2) is 5.82 Å². The number of rotatable bonds is 15. The van der Waals surface area contributed by atoms with Crippen molar-refractivity contribution in [2.24, 2.45) is 0 Å². The summed E-state index contributed by atoms with van der Waals surface area (Å²) in [6.07, 6.45) is 0. The third-order valence-electron chi connectivity index (χ3n) is 28.6. The molecule has 8 nitrogen and oxygen atoms in total. The van der Waals surface area contributed by atoms with Crippen molar-refractivity contribution in [1.29, 1.82) is 0 Å². The molecule has 0 saturated carbocycles. The number of hydrogen-bond acceptors (Lipinski definition) is 2. The molecule has 0 aliphatic heterocycles. The van der Waals surface area contributed by atoms with Gasteiger partial charge in [0.05, 0.1) is 71.9 Å². The molecular formula is C130H82N8. The minimum atomic E-state index is 0.583. The van der Waals surface area contributed by atoms with Crippen LogP contribution in [0.2, 0.25) is 0 Å². The highest BCUT2D eigenvalue weighted by atomic mass is 15.1. The number of aromatic nitrogens is 8. The first-order valence-electron chi connectivity index (χ1n) is 47.3. The first-order valence-corrected chi connectivity index (χ1v) is 47.3. The van der Waals surface area contributed by atoms with Crippen LogP contribution in [0.5, 0.6) is 0 Å². The van der Waals surface area contributed by atoms with Crippen molar-refractivity contribution in [3.05, 3.63) is 497 Å². The summed E-state index contributed by atoms with van der Waals surface area (Å²) in [5.74, 6) is 1.32. The van der Waals surface area contributed by atoms with Crippen molar-refractivity contribution in [2.45, 2.75) is 0 Å². The summed E-state index contributed by atoms with van der Waals surface area (Å²) in [7, 11) is 0. The molecule has 0 spiro atoms. The number of hydrogen-bond donors (Lipinski definition) is 0. The maximum Gasteiger partial charge on any atom is 0.162 e. The van der Waals surface area contributed by atoms with E-state index in [1.54, 1.807) is 0 Å². The average Bonchev–Trinajstić information content (AvgIpc) is 1.58. The van der Waals surface area contributed by atoms with E-state index in [1.807, 2.05) is 0 Å². The summed E-state index contributed by atoms with van der Waals surface area (Å²) in [6, 6.07) is 183. The zero-order chi connectivity index (χ0) is 90.6. The lowest BCUT2D eigenvalue weighted by Crippen LogP contribution is -2.03. The van der Waals surface area contributed by atoms with Crippen LogP contribution in [0.25, 0.3) is 266 Å². The van der Waals surface area contributed by atoms with Gasteiger partial charge < -0.3 is 22.8 Å². The van der Waals surface area contributed by atoms with Crippen molar-refractivity contribution < 1.29 is 0 Å². The van der Waals surface area contributed by atoms with Gasteiger partial charge in [0.2, 0.25) is 0 Å². The summed E-state index contributed by atoms with van der Waals surface area (Å²) in [5.41, 5.74) is 37.4. The Bertz CT molecular complexity index is 9330. The third-order valence-corrected chi connectivity index (χ3v) is 28.6. The Labute approximate surface area is 794 Å². The topological polar surface area (TPSA) is 55.4 Å². The molecule has 642 valence electrons.